The predicted molar refractivity (Wildman–Crippen MR) is 26.8 cm³/mol. The molecule has 1 saturated carbocycles. The average Bonchev–Trinajstić information content (AvgIpc) is 2.22. The minimum absolute atomic E-state index is 0.634. The zero-order valence-corrected chi connectivity index (χ0v) is 4.31. The van der Waals surface area contributed by atoms with Gasteiger partial charge >= 0.3 is 0 Å². The largest absolute Gasteiger partial charge is 0.378 e. The fourth-order valence-electron chi connectivity index (χ4n) is 1.40. The van der Waals surface area contributed by atoms with Crippen LogP contribution in [0.3, 0.4) is 0 Å². The number of fused-ring (bicyclic) bond motifs is 2. The highest BCUT2D eigenvalue weighted by molar-refractivity contribution is 5.04. The van der Waals surface area contributed by atoms with Crippen LogP contribution in [0.15, 0.2) is 0 Å². The molecule has 1 nitrogen and oxygen atoms in total. The predicted octanol–water partition coefficient (Wildman–Crippen LogP) is 1.14. The van der Waals surface area contributed by atoms with E-state index in [0.29, 0.717) is 6.10 Å². The van der Waals surface area contributed by atoms with E-state index in [2.05, 4.69) is 0 Å². The van der Waals surface area contributed by atoms with Gasteiger partial charge in [-0.15, -0.1) is 0 Å². The highest BCUT2D eigenvalue weighted by atomic mass is 16.5. The van der Waals surface area contributed by atoms with Crippen molar-refractivity contribution < 1.29 is 4.74 Å². The Hall–Kier alpha value is -0.0400. The minimum Gasteiger partial charge on any atom is -0.378 e. The summed E-state index contributed by atoms with van der Waals surface area (Å²) in [6.45, 7) is 0.977. The van der Waals surface area contributed by atoms with Crippen molar-refractivity contribution in [2.75, 3.05) is 6.61 Å². The van der Waals surface area contributed by atoms with E-state index in [4.69, 9.17) is 4.74 Å². The molecule has 2 aliphatic rings. The molecular weight excluding hydrogens is 88.1 g/mol. The summed E-state index contributed by atoms with van der Waals surface area (Å²) in [5, 5.41) is 0. The Kier molecular flexibility index (Phi) is 0.680. The Morgan fingerprint density at radius 3 is 2.71 bits per heavy atom. The zero-order valence-electron chi connectivity index (χ0n) is 4.31. The van der Waals surface area contributed by atoms with Crippen LogP contribution in [-0.4, -0.2) is 12.7 Å². The maximum atomic E-state index is 5.31. The lowest BCUT2D eigenvalue weighted by Crippen LogP contribution is -2.04. The van der Waals surface area contributed by atoms with Gasteiger partial charge in [0.15, 0.2) is 0 Å². The first kappa shape index (κ1) is 3.90. The van der Waals surface area contributed by atoms with Gasteiger partial charge in [0.1, 0.15) is 0 Å². The topological polar surface area (TPSA) is 9.23 Å². The standard InChI is InChI=1S/C6H9O/c1-2-6-3-5(1)4-7-6/h6H,1-4H2/t6-/m1/s1. The van der Waals surface area contributed by atoms with Crippen LogP contribution < -0.4 is 0 Å². The van der Waals surface area contributed by atoms with E-state index in [9.17, 15) is 0 Å². The summed E-state index contributed by atoms with van der Waals surface area (Å²) in [4.78, 5) is 0. The fraction of sp³-hybridized carbons (Fsp3) is 0.833. The Morgan fingerprint density at radius 2 is 2.57 bits per heavy atom. The highest BCUT2D eigenvalue weighted by Crippen LogP contribution is 2.36. The highest BCUT2D eigenvalue weighted by Gasteiger charge is 2.32. The second kappa shape index (κ2) is 1.22. The van der Waals surface area contributed by atoms with Gasteiger partial charge in [0.05, 0.1) is 12.7 Å². The molecule has 0 unspecified atom stereocenters. The van der Waals surface area contributed by atoms with Gasteiger partial charge in [-0.25, -0.2) is 0 Å². The van der Waals surface area contributed by atoms with E-state index < -0.39 is 0 Å². The summed E-state index contributed by atoms with van der Waals surface area (Å²) in [6.07, 6.45) is 4.56. The van der Waals surface area contributed by atoms with Crippen LogP contribution >= 0.6 is 0 Å². The van der Waals surface area contributed by atoms with Crippen LogP contribution in [0.25, 0.3) is 0 Å². The third kappa shape index (κ3) is 0.480. The smallest absolute Gasteiger partial charge is 0.0582 e. The monoisotopic (exact) mass is 97.1 g/mol. The molecule has 0 spiro atoms. The second-order valence-corrected chi connectivity index (χ2v) is 2.43. The zero-order chi connectivity index (χ0) is 4.69. The Bertz CT molecular complexity index is 62.2. The molecular formula is C6H9O. The Labute approximate surface area is 43.7 Å². The fourth-order valence-corrected chi connectivity index (χ4v) is 1.40. The summed E-state index contributed by atoms with van der Waals surface area (Å²) < 4.78 is 5.31. The van der Waals surface area contributed by atoms with E-state index >= 15 is 0 Å². The molecule has 0 amide bonds. The SMILES string of the molecule is C1C[C@@H]2C[C]1CO2. The summed E-state index contributed by atoms with van der Waals surface area (Å²) in [7, 11) is 0. The first-order valence-electron chi connectivity index (χ1n) is 2.90. The molecule has 1 heteroatoms. The first-order chi connectivity index (χ1) is 3.45. The van der Waals surface area contributed by atoms with E-state index in [0.717, 1.165) is 6.61 Å². The number of hydrogen-bond acceptors (Lipinski definition) is 1. The lowest BCUT2D eigenvalue weighted by atomic mass is 10.1. The normalized spacial score (nSPS) is 40.3. The molecule has 39 valence electrons. The van der Waals surface area contributed by atoms with Gasteiger partial charge in [0.25, 0.3) is 0 Å². The molecule has 1 heterocycles. The molecule has 1 aliphatic heterocycles. The van der Waals surface area contributed by atoms with Crippen LogP contribution in [0.4, 0.5) is 0 Å². The van der Waals surface area contributed by atoms with Crippen LogP contribution in [0, 0.1) is 5.92 Å². The summed E-state index contributed by atoms with van der Waals surface area (Å²) in [6, 6.07) is 0. The lowest BCUT2D eigenvalue weighted by Gasteiger charge is -2.07. The van der Waals surface area contributed by atoms with Crippen molar-refractivity contribution >= 4 is 0 Å². The number of hydrogen-bond donors (Lipinski definition) is 0. The van der Waals surface area contributed by atoms with Crippen molar-refractivity contribution in [3.63, 3.8) is 0 Å². The molecule has 0 N–H and O–H groups in total. The van der Waals surface area contributed by atoms with E-state index in [1.54, 1.807) is 5.92 Å². The van der Waals surface area contributed by atoms with E-state index in [1.807, 2.05) is 0 Å². The molecule has 0 aromatic rings. The molecule has 0 aromatic carbocycles. The van der Waals surface area contributed by atoms with Gasteiger partial charge in [-0.3, -0.25) is 0 Å². The Morgan fingerprint density at radius 1 is 1.57 bits per heavy atom. The van der Waals surface area contributed by atoms with Crippen LogP contribution in [0.2, 0.25) is 0 Å². The lowest BCUT2D eigenvalue weighted by molar-refractivity contribution is 0.0935. The molecule has 1 aliphatic carbocycles. The quantitative estimate of drug-likeness (QED) is 0.440. The average molecular weight is 97.1 g/mol. The summed E-state index contributed by atoms with van der Waals surface area (Å²) in [5.41, 5.74) is 0. The summed E-state index contributed by atoms with van der Waals surface area (Å²) in [5.74, 6) is 1.64. The number of ether oxygens (including phenoxy) is 1. The van der Waals surface area contributed by atoms with Gasteiger partial charge in [0.2, 0.25) is 0 Å². The second-order valence-electron chi connectivity index (χ2n) is 2.43. The molecule has 2 bridgehead atoms. The van der Waals surface area contributed by atoms with Crippen molar-refractivity contribution in [3.8, 4) is 0 Å². The van der Waals surface area contributed by atoms with E-state index in [1.165, 1.54) is 19.3 Å². The molecule has 1 saturated heterocycles. The Balaban J connectivity index is 2.12. The van der Waals surface area contributed by atoms with Crippen molar-refractivity contribution in [1.82, 2.24) is 0 Å². The summed E-state index contributed by atoms with van der Waals surface area (Å²) >= 11 is 0. The van der Waals surface area contributed by atoms with Crippen LogP contribution in [0.1, 0.15) is 19.3 Å². The van der Waals surface area contributed by atoms with E-state index in [-0.39, 0.29) is 0 Å². The maximum Gasteiger partial charge on any atom is 0.0582 e. The number of rotatable bonds is 0. The van der Waals surface area contributed by atoms with Crippen molar-refractivity contribution in [1.29, 1.82) is 0 Å². The third-order valence-corrected chi connectivity index (χ3v) is 1.86. The van der Waals surface area contributed by atoms with Crippen molar-refractivity contribution in [2.24, 2.45) is 0 Å². The molecule has 2 fully saturated rings. The van der Waals surface area contributed by atoms with Crippen molar-refractivity contribution in [3.05, 3.63) is 5.92 Å². The third-order valence-electron chi connectivity index (χ3n) is 1.86. The van der Waals surface area contributed by atoms with Gasteiger partial charge in [-0.05, 0) is 19.3 Å². The van der Waals surface area contributed by atoms with Crippen molar-refractivity contribution in [2.45, 2.75) is 25.4 Å². The van der Waals surface area contributed by atoms with Gasteiger partial charge < -0.3 is 4.74 Å². The maximum absolute atomic E-state index is 5.31. The van der Waals surface area contributed by atoms with Crippen LogP contribution in [-0.2, 0) is 4.74 Å². The van der Waals surface area contributed by atoms with Gasteiger partial charge in [-0.2, -0.15) is 0 Å². The first-order valence-corrected chi connectivity index (χ1v) is 2.90. The molecule has 0 aromatic heterocycles. The molecule has 2 rings (SSSR count). The molecule has 1 radical (unpaired) electrons. The molecule has 1 atom stereocenters. The molecule has 7 heavy (non-hydrogen) atoms. The van der Waals surface area contributed by atoms with Gasteiger partial charge in [0, 0.05) is 5.92 Å². The van der Waals surface area contributed by atoms with Crippen LogP contribution in [0.5, 0.6) is 0 Å². The van der Waals surface area contributed by atoms with Gasteiger partial charge in [-0.1, -0.05) is 0 Å². The minimum atomic E-state index is 0.634.